The Morgan fingerprint density at radius 2 is 1.57 bits per heavy atom. The van der Waals surface area contributed by atoms with Gasteiger partial charge in [0.1, 0.15) is 0 Å². The molecule has 0 N–H and O–H groups in total. The Balaban J connectivity index is 1.83. The Hall–Kier alpha value is -1.86. The summed E-state index contributed by atoms with van der Waals surface area (Å²) in [4.78, 5) is 0. The van der Waals surface area contributed by atoms with E-state index in [0.717, 1.165) is 6.42 Å². The average Bonchev–Trinajstić information content (AvgIpc) is 2.96. The largest absolute Gasteiger partial charge is 0.0912 e. The Bertz CT molecular complexity index is 731. The number of benzene rings is 2. The Kier molecular flexibility index (Phi) is 4.41. The molecule has 1 aliphatic carbocycles. The van der Waals surface area contributed by atoms with Crippen LogP contribution in [0, 0.1) is 13.8 Å². The van der Waals surface area contributed by atoms with Crippen molar-refractivity contribution >= 4 is 13.3 Å². The van der Waals surface area contributed by atoms with Crippen LogP contribution in [0.5, 0.6) is 0 Å². The summed E-state index contributed by atoms with van der Waals surface area (Å²) in [6.07, 6.45) is 8.33. The summed E-state index contributed by atoms with van der Waals surface area (Å²) in [5.74, 6) is 0. The van der Waals surface area contributed by atoms with E-state index in [2.05, 4.69) is 93.7 Å². The number of allylic oxidation sites excluding steroid dienone is 4. The standard InChI is InChI=1S/C22H26Si/c1-17-12-18(2)14-22(13-17)23(3,4)21-11-10-20(16-21)15-19-8-6-5-7-9-19/h5-14,16,21H,15H2,1-4H3. The topological polar surface area (TPSA) is 0 Å². The molecule has 0 saturated carbocycles. The average molecular weight is 319 g/mol. The van der Waals surface area contributed by atoms with Gasteiger partial charge in [-0.2, -0.15) is 0 Å². The fourth-order valence-electron chi connectivity index (χ4n) is 3.51. The van der Waals surface area contributed by atoms with E-state index < -0.39 is 8.07 Å². The van der Waals surface area contributed by atoms with Gasteiger partial charge in [-0.1, -0.05) is 96.2 Å². The van der Waals surface area contributed by atoms with Crippen molar-refractivity contribution in [3.8, 4) is 0 Å². The predicted octanol–water partition coefficient (Wildman–Crippen LogP) is 5.33. The van der Waals surface area contributed by atoms with Crippen LogP contribution in [-0.2, 0) is 6.42 Å². The summed E-state index contributed by atoms with van der Waals surface area (Å²) in [5.41, 5.74) is 6.23. The molecule has 1 unspecified atom stereocenters. The highest BCUT2D eigenvalue weighted by Gasteiger charge is 2.32. The van der Waals surface area contributed by atoms with Gasteiger partial charge in [0, 0.05) is 0 Å². The van der Waals surface area contributed by atoms with Crippen molar-refractivity contribution < 1.29 is 0 Å². The molecule has 1 aliphatic rings. The van der Waals surface area contributed by atoms with Crippen LogP contribution >= 0.6 is 0 Å². The second kappa shape index (κ2) is 6.33. The van der Waals surface area contributed by atoms with Gasteiger partial charge >= 0.3 is 0 Å². The molecule has 2 aromatic rings. The second-order valence-electron chi connectivity index (χ2n) is 7.39. The molecule has 1 heteroatoms. The van der Waals surface area contributed by atoms with Gasteiger partial charge in [-0.3, -0.25) is 0 Å². The van der Waals surface area contributed by atoms with Crippen LogP contribution in [0.15, 0.2) is 72.3 Å². The molecule has 0 bridgehead atoms. The lowest BCUT2D eigenvalue weighted by molar-refractivity contribution is 1.19. The van der Waals surface area contributed by atoms with Gasteiger partial charge in [-0.25, -0.2) is 0 Å². The minimum absolute atomic E-state index is 0.599. The summed E-state index contributed by atoms with van der Waals surface area (Å²) in [7, 11) is -1.53. The van der Waals surface area contributed by atoms with Crippen LogP contribution in [0.25, 0.3) is 0 Å². The van der Waals surface area contributed by atoms with E-state index >= 15 is 0 Å². The maximum Gasteiger partial charge on any atom is 0.0912 e. The molecule has 0 amide bonds. The molecule has 23 heavy (non-hydrogen) atoms. The third-order valence-electron chi connectivity index (χ3n) is 4.96. The van der Waals surface area contributed by atoms with Crippen molar-refractivity contribution in [1.29, 1.82) is 0 Å². The van der Waals surface area contributed by atoms with Gasteiger partial charge in [-0.05, 0) is 36.9 Å². The Morgan fingerprint density at radius 1 is 0.913 bits per heavy atom. The van der Waals surface area contributed by atoms with Gasteiger partial charge in [-0.15, -0.1) is 0 Å². The van der Waals surface area contributed by atoms with Gasteiger partial charge in [0.05, 0.1) is 8.07 Å². The summed E-state index contributed by atoms with van der Waals surface area (Å²) in [5, 5.41) is 1.57. The Morgan fingerprint density at radius 3 is 2.22 bits per heavy atom. The molecule has 0 fully saturated rings. The predicted molar refractivity (Wildman–Crippen MR) is 104 cm³/mol. The van der Waals surface area contributed by atoms with Gasteiger partial charge in [0.2, 0.25) is 0 Å². The number of hydrogen-bond donors (Lipinski definition) is 0. The molecule has 0 aliphatic heterocycles. The molecule has 1 atom stereocenters. The SMILES string of the molecule is Cc1cc(C)cc([Si](C)(C)C2C=CC(Cc3ccccc3)=C2)c1. The summed E-state index contributed by atoms with van der Waals surface area (Å²) in [6.45, 7) is 9.42. The van der Waals surface area contributed by atoms with Crippen molar-refractivity contribution in [3.63, 3.8) is 0 Å². The first-order valence-corrected chi connectivity index (χ1v) is 11.5. The molecular weight excluding hydrogens is 292 g/mol. The monoisotopic (exact) mass is 318 g/mol. The summed E-state index contributed by atoms with van der Waals surface area (Å²) < 4.78 is 0. The van der Waals surface area contributed by atoms with Crippen molar-refractivity contribution in [1.82, 2.24) is 0 Å². The summed E-state index contributed by atoms with van der Waals surface area (Å²) in [6, 6.07) is 17.8. The van der Waals surface area contributed by atoms with Crippen molar-refractivity contribution in [3.05, 3.63) is 89.0 Å². The molecule has 0 saturated heterocycles. The van der Waals surface area contributed by atoms with Crippen LogP contribution in [0.2, 0.25) is 18.6 Å². The van der Waals surface area contributed by atoms with E-state index in [1.54, 1.807) is 5.19 Å². The Labute approximate surface area is 141 Å². The zero-order valence-corrected chi connectivity index (χ0v) is 15.6. The van der Waals surface area contributed by atoms with E-state index in [9.17, 15) is 0 Å². The zero-order valence-electron chi connectivity index (χ0n) is 14.6. The lowest BCUT2D eigenvalue weighted by Crippen LogP contribution is -2.44. The van der Waals surface area contributed by atoms with Crippen LogP contribution in [0.3, 0.4) is 0 Å². The van der Waals surface area contributed by atoms with Crippen LogP contribution in [-0.4, -0.2) is 8.07 Å². The maximum atomic E-state index is 2.51. The highest BCUT2D eigenvalue weighted by atomic mass is 28.3. The lowest BCUT2D eigenvalue weighted by atomic mass is 10.1. The number of aryl methyl sites for hydroxylation is 2. The highest BCUT2D eigenvalue weighted by Crippen LogP contribution is 2.32. The smallest absolute Gasteiger partial charge is 0.0797 e. The maximum absolute atomic E-state index is 2.51. The van der Waals surface area contributed by atoms with Gasteiger partial charge in [0.25, 0.3) is 0 Å². The van der Waals surface area contributed by atoms with E-state index in [0.29, 0.717) is 5.54 Å². The second-order valence-corrected chi connectivity index (χ2v) is 12.1. The first kappa shape index (κ1) is 16.0. The van der Waals surface area contributed by atoms with Gasteiger partial charge in [0.15, 0.2) is 0 Å². The van der Waals surface area contributed by atoms with E-state index in [4.69, 9.17) is 0 Å². The van der Waals surface area contributed by atoms with Crippen LogP contribution in [0.4, 0.5) is 0 Å². The number of rotatable bonds is 4. The molecule has 3 rings (SSSR count). The minimum Gasteiger partial charge on any atom is -0.0797 e. The molecule has 118 valence electrons. The fraction of sp³-hybridized carbons (Fsp3) is 0.273. The molecule has 2 aromatic carbocycles. The molecule has 0 radical (unpaired) electrons. The van der Waals surface area contributed by atoms with Crippen molar-refractivity contribution in [2.75, 3.05) is 0 Å². The van der Waals surface area contributed by atoms with E-state index in [-0.39, 0.29) is 0 Å². The zero-order chi connectivity index (χ0) is 16.4. The van der Waals surface area contributed by atoms with Crippen molar-refractivity contribution in [2.45, 2.75) is 38.9 Å². The van der Waals surface area contributed by atoms with E-state index in [1.807, 2.05) is 0 Å². The molecule has 0 nitrogen and oxygen atoms in total. The fourth-order valence-corrected chi connectivity index (χ4v) is 6.30. The molecular formula is C22H26Si. The van der Waals surface area contributed by atoms with Crippen molar-refractivity contribution in [2.24, 2.45) is 0 Å². The summed E-state index contributed by atoms with van der Waals surface area (Å²) >= 11 is 0. The molecule has 0 aromatic heterocycles. The molecule has 0 spiro atoms. The first-order valence-electron chi connectivity index (χ1n) is 8.47. The third kappa shape index (κ3) is 3.56. The van der Waals surface area contributed by atoms with Crippen LogP contribution < -0.4 is 5.19 Å². The van der Waals surface area contributed by atoms with Crippen LogP contribution in [0.1, 0.15) is 16.7 Å². The number of hydrogen-bond acceptors (Lipinski definition) is 0. The minimum atomic E-state index is -1.53. The normalized spacial score (nSPS) is 17.4. The third-order valence-corrected chi connectivity index (χ3v) is 8.76. The molecule has 0 heterocycles. The quantitative estimate of drug-likeness (QED) is 0.669. The van der Waals surface area contributed by atoms with Gasteiger partial charge < -0.3 is 0 Å². The van der Waals surface area contributed by atoms with E-state index in [1.165, 1.54) is 22.3 Å². The first-order chi connectivity index (χ1) is 10.9. The lowest BCUT2D eigenvalue weighted by Gasteiger charge is -2.28. The highest BCUT2D eigenvalue weighted by molar-refractivity contribution is 6.91.